The maximum atomic E-state index is 2.54. The standard InChI is InChI=1S/C54H35N/c1-2-18-39-36(16-1)17-15-29-40(39)37-32-34-38(35-33-37)53-47-25-7-9-27-49(47)54(50-28-10-8-26-48(50)53)55-51-30-13-11-23-45(51)43-21-5-3-19-41(43)42-20-4-6-22-44(42)46-24-12-14-31-52(46)55/h1-35H. The molecule has 1 heterocycles. The van der Waals surface area contributed by atoms with Gasteiger partial charge in [0.05, 0.1) is 16.7 Å². The van der Waals surface area contributed by atoms with Crippen LogP contribution in [0.1, 0.15) is 0 Å². The zero-order chi connectivity index (χ0) is 36.3. The van der Waals surface area contributed by atoms with E-state index in [1.807, 2.05) is 0 Å². The van der Waals surface area contributed by atoms with E-state index in [2.05, 4.69) is 217 Å². The second-order valence-electron chi connectivity index (χ2n) is 14.4. The van der Waals surface area contributed by atoms with E-state index in [9.17, 15) is 0 Å². The average Bonchev–Trinajstić information content (AvgIpc) is 3.30. The van der Waals surface area contributed by atoms with Crippen molar-refractivity contribution in [1.29, 1.82) is 0 Å². The van der Waals surface area contributed by atoms with Crippen molar-refractivity contribution >= 4 is 75.7 Å². The van der Waals surface area contributed by atoms with Crippen LogP contribution in [0.15, 0.2) is 212 Å². The van der Waals surface area contributed by atoms with Crippen molar-refractivity contribution < 1.29 is 0 Å². The van der Waals surface area contributed by atoms with Crippen LogP contribution in [-0.2, 0) is 0 Å². The van der Waals surface area contributed by atoms with Gasteiger partial charge in [-0.05, 0) is 77.5 Å². The molecular weight excluding hydrogens is 663 g/mol. The molecule has 0 aliphatic carbocycles. The van der Waals surface area contributed by atoms with E-state index in [-0.39, 0.29) is 0 Å². The first-order valence-corrected chi connectivity index (χ1v) is 19.0. The lowest BCUT2D eigenvalue weighted by atomic mass is 9.89. The molecule has 0 saturated carbocycles. The van der Waals surface area contributed by atoms with Crippen LogP contribution >= 0.6 is 0 Å². The summed E-state index contributed by atoms with van der Waals surface area (Å²) >= 11 is 0. The van der Waals surface area contributed by atoms with Gasteiger partial charge in [0, 0.05) is 21.5 Å². The second-order valence-corrected chi connectivity index (χ2v) is 14.4. The van der Waals surface area contributed by atoms with Crippen LogP contribution in [0.5, 0.6) is 0 Å². The molecule has 0 amide bonds. The molecule has 0 bridgehead atoms. The van der Waals surface area contributed by atoms with E-state index < -0.39 is 0 Å². The molecule has 1 aromatic heterocycles. The lowest BCUT2D eigenvalue weighted by molar-refractivity contribution is 1.20. The average molecular weight is 698 g/mol. The molecule has 1 heteroatoms. The van der Waals surface area contributed by atoms with Crippen molar-refractivity contribution in [2.24, 2.45) is 0 Å². The van der Waals surface area contributed by atoms with E-state index in [4.69, 9.17) is 0 Å². The highest BCUT2D eigenvalue weighted by Gasteiger charge is 2.19. The van der Waals surface area contributed by atoms with Crippen LogP contribution in [0.2, 0.25) is 0 Å². The third-order valence-corrected chi connectivity index (χ3v) is 11.4. The van der Waals surface area contributed by atoms with Gasteiger partial charge in [-0.25, -0.2) is 0 Å². The van der Waals surface area contributed by atoms with Gasteiger partial charge in [0.25, 0.3) is 0 Å². The number of hydrogen-bond donors (Lipinski definition) is 0. The summed E-state index contributed by atoms with van der Waals surface area (Å²) in [6.07, 6.45) is 0. The van der Waals surface area contributed by atoms with Crippen LogP contribution < -0.4 is 0 Å². The van der Waals surface area contributed by atoms with E-state index in [0.717, 1.165) is 11.0 Å². The van der Waals surface area contributed by atoms with Crippen molar-refractivity contribution in [3.63, 3.8) is 0 Å². The van der Waals surface area contributed by atoms with Crippen LogP contribution in [0.4, 0.5) is 0 Å². The van der Waals surface area contributed by atoms with Crippen LogP contribution in [0, 0.1) is 0 Å². The number of hydrogen-bond acceptors (Lipinski definition) is 0. The highest BCUT2D eigenvalue weighted by molar-refractivity contribution is 6.22. The maximum Gasteiger partial charge on any atom is 0.0619 e. The predicted octanol–water partition coefficient (Wildman–Crippen LogP) is 15.0. The van der Waals surface area contributed by atoms with Gasteiger partial charge in [0.1, 0.15) is 0 Å². The Morgan fingerprint density at radius 1 is 0.236 bits per heavy atom. The highest BCUT2D eigenvalue weighted by atomic mass is 15.0. The van der Waals surface area contributed by atoms with Gasteiger partial charge in [-0.2, -0.15) is 0 Å². The van der Waals surface area contributed by atoms with Crippen molar-refractivity contribution in [2.75, 3.05) is 0 Å². The molecular formula is C54H35N. The van der Waals surface area contributed by atoms with Crippen molar-refractivity contribution in [1.82, 2.24) is 4.57 Å². The number of nitrogens with zero attached hydrogens (tertiary/aromatic N) is 1. The third-order valence-electron chi connectivity index (χ3n) is 11.4. The second kappa shape index (κ2) is 12.7. The fourth-order valence-electron chi connectivity index (χ4n) is 9.02. The SMILES string of the molecule is c1ccc2c(-c3ccc(-c4c5ccccc5c(-n5c6ccccc6c6ccccc6c6ccccc6c6ccccc65)c5ccccc45)cc3)cccc2c1. The van der Waals surface area contributed by atoms with Gasteiger partial charge in [-0.1, -0.05) is 200 Å². The lowest BCUT2D eigenvalue weighted by Gasteiger charge is -2.21. The van der Waals surface area contributed by atoms with E-state index in [1.165, 1.54) is 92.6 Å². The van der Waals surface area contributed by atoms with Crippen molar-refractivity contribution in [2.45, 2.75) is 0 Å². The van der Waals surface area contributed by atoms with Gasteiger partial charge < -0.3 is 4.57 Å². The molecule has 0 fully saturated rings. The minimum absolute atomic E-state index is 1.15. The fourth-order valence-corrected chi connectivity index (χ4v) is 9.02. The summed E-state index contributed by atoms with van der Waals surface area (Å²) in [6, 6.07) is 78.0. The summed E-state index contributed by atoms with van der Waals surface area (Å²) in [5.41, 5.74) is 8.41. The first-order valence-electron chi connectivity index (χ1n) is 19.0. The lowest BCUT2D eigenvalue weighted by Crippen LogP contribution is -2.01. The Morgan fingerprint density at radius 3 is 1.13 bits per heavy atom. The number of para-hydroxylation sites is 2. The van der Waals surface area contributed by atoms with Crippen molar-refractivity contribution in [3.8, 4) is 27.9 Å². The Balaban J connectivity index is 1.29. The Kier molecular flexibility index (Phi) is 7.25. The maximum absolute atomic E-state index is 2.54. The zero-order valence-corrected chi connectivity index (χ0v) is 30.2. The monoisotopic (exact) mass is 697 g/mol. The number of rotatable bonds is 3. The molecule has 55 heavy (non-hydrogen) atoms. The van der Waals surface area contributed by atoms with Gasteiger partial charge in [-0.3, -0.25) is 0 Å². The Hall–Kier alpha value is -7.22. The first kappa shape index (κ1) is 31.3. The molecule has 0 radical (unpaired) electrons. The normalized spacial score (nSPS) is 11.6. The van der Waals surface area contributed by atoms with E-state index in [0.29, 0.717) is 0 Å². The molecule has 0 spiro atoms. The molecule has 10 aromatic carbocycles. The zero-order valence-electron chi connectivity index (χ0n) is 30.2. The van der Waals surface area contributed by atoms with Gasteiger partial charge in [0.2, 0.25) is 0 Å². The molecule has 11 rings (SSSR count). The first-order chi connectivity index (χ1) is 27.3. The number of aromatic nitrogens is 1. The van der Waals surface area contributed by atoms with Gasteiger partial charge >= 0.3 is 0 Å². The van der Waals surface area contributed by atoms with Crippen molar-refractivity contribution in [3.05, 3.63) is 212 Å². The number of fused-ring (bicyclic) bond motifs is 10. The minimum Gasteiger partial charge on any atom is -0.308 e. The quantitative estimate of drug-likeness (QED) is 0.162. The molecule has 11 aromatic rings. The summed E-state index contributed by atoms with van der Waals surface area (Å²) in [7, 11) is 0. The Labute approximate surface area is 319 Å². The molecule has 0 aliphatic rings. The Morgan fingerprint density at radius 2 is 0.600 bits per heavy atom. The topological polar surface area (TPSA) is 4.93 Å². The minimum atomic E-state index is 1.15. The number of benzene rings is 10. The van der Waals surface area contributed by atoms with Gasteiger partial charge in [-0.15, -0.1) is 0 Å². The third kappa shape index (κ3) is 4.94. The molecule has 1 nitrogen and oxygen atoms in total. The van der Waals surface area contributed by atoms with Gasteiger partial charge in [0.15, 0.2) is 0 Å². The predicted molar refractivity (Wildman–Crippen MR) is 237 cm³/mol. The summed E-state index contributed by atoms with van der Waals surface area (Å²) in [6.45, 7) is 0. The van der Waals surface area contributed by atoms with Crippen LogP contribution in [0.25, 0.3) is 104 Å². The smallest absolute Gasteiger partial charge is 0.0619 e. The molecule has 0 aliphatic heterocycles. The summed E-state index contributed by atoms with van der Waals surface area (Å²) in [5.74, 6) is 0. The largest absolute Gasteiger partial charge is 0.308 e. The summed E-state index contributed by atoms with van der Waals surface area (Å²) in [5, 5.41) is 14.7. The highest BCUT2D eigenvalue weighted by Crippen LogP contribution is 2.44. The molecule has 0 saturated heterocycles. The molecule has 0 atom stereocenters. The molecule has 0 unspecified atom stereocenters. The van der Waals surface area contributed by atoms with Crippen LogP contribution in [-0.4, -0.2) is 4.57 Å². The van der Waals surface area contributed by atoms with Crippen LogP contribution in [0.3, 0.4) is 0 Å². The van der Waals surface area contributed by atoms with E-state index in [1.54, 1.807) is 0 Å². The summed E-state index contributed by atoms with van der Waals surface area (Å²) in [4.78, 5) is 0. The Bertz CT molecular complexity index is 3200. The molecule has 0 N–H and O–H groups in total. The molecule has 256 valence electrons. The van der Waals surface area contributed by atoms with E-state index >= 15 is 0 Å². The summed E-state index contributed by atoms with van der Waals surface area (Å²) < 4.78 is 2.54. The fraction of sp³-hybridized carbons (Fsp3) is 0.